The average molecular weight is 238 g/mol. The second-order valence-corrected chi connectivity index (χ2v) is 4.63. The van der Waals surface area contributed by atoms with Gasteiger partial charge in [0.05, 0.1) is 0 Å². The van der Waals surface area contributed by atoms with E-state index < -0.39 is 0 Å². The zero-order valence-corrected chi connectivity index (χ0v) is 10.9. The molecular weight excluding hydrogens is 220 g/mol. The number of hydrogen-bond acceptors (Lipinski definition) is 1. The van der Waals surface area contributed by atoms with E-state index in [-0.39, 0.29) is 5.92 Å². The van der Waals surface area contributed by atoms with E-state index in [1.807, 2.05) is 55.5 Å². The number of hydrogen-bond donors (Lipinski definition) is 1. The first kappa shape index (κ1) is 12.4. The van der Waals surface area contributed by atoms with Gasteiger partial charge in [0.1, 0.15) is 5.75 Å². The van der Waals surface area contributed by atoms with Crippen molar-refractivity contribution in [2.24, 2.45) is 0 Å². The predicted octanol–water partition coefficient (Wildman–Crippen LogP) is 4.52. The summed E-state index contributed by atoms with van der Waals surface area (Å²) >= 11 is 0. The number of phenolic OH excluding ortho intramolecular Hbond substituents is 1. The van der Waals surface area contributed by atoms with E-state index in [0.29, 0.717) is 5.75 Å². The van der Waals surface area contributed by atoms with Crippen LogP contribution in [-0.2, 0) is 0 Å². The fraction of sp³-hybridized carbons (Fsp3) is 0.176. The van der Waals surface area contributed by atoms with Crippen molar-refractivity contribution < 1.29 is 5.11 Å². The van der Waals surface area contributed by atoms with Crippen LogP contribution >= 0.6 is 0 Å². The Balaban J connectivity index is 2.35. The van der Waals surface area contributed by atoms with Crippen LogP contribution in [0.15, 0.2) is 55.1 Å². The Hall–Kier alpha value is -2.02. The minimum Gasteiger partial charge on any atom is -0.507 e. The topological polar surface area (TPSA) is 20.2 Å². The lowest BCUT2D eigenvalue weighted by atomic mass is 9.88. The van der Waals surface area contributed by atoms with Gasteiger partial charge in [0.2, 0.25) is 0 Å². The molecule has 18 heavy (non-hydrogen) atoms. The molecule has 2 aromatic rings. The number of aryl methyl sites for hydroxylation is 1. The molecule has 92 valence electrons. The van der Waals surface area contributed by atoms with Crippen LogP contribution in [0.3, 0.4) is 0 Å². The third kappa shape index (κ3) is 2.30. The SMILES string of the molecule is C=C(c1ccccc1)C(C)c1cccc(C)c1O. The number of allylic oxidation sites excluding steroid dienone is 1. The molecule has 2 rings (SSSR count). The first-order valence-corrected chi connectivity index (χ1v) is 6.14. The van der Waals surface area contributed by atoms with E-state index in [9.17, 15) is 5.11 Å². The quantitative estimate of drug-likeness (QED) is 0.833. The van der Waals surface area contributed by atoms with Gasteiger partial charge in [-0.25, -0.2) is 0 Å². The largest absolute Gasteiger partial charge is 0.507 e. The molecule has 0 spiro atoms. The summed E-state index contributed by atoms with van der Waals surface area (Å²) < 4.78 is 0. The first-order valence-electron chi connectivity index (χ1n) is 6.14. The monoisotopic (exact) mass is 238 g/mol. The lowest BCUT2D eigenvalue weighted by Crippen LogP contribution is -1.98. The summed E-state index contributed by atoms with van der Waals surface area (Å²) in [5.74, 6) is 0.481. The second kappa shape index (κ2) is 5.09. The molecule has 0 saturated carbocycles. The third-order valence-corrected chi connectivity index (χ3v) is 3.40. The lowest BCUT2D eigenvalue weighted by Gasteiger charge is -2.17. The molecule has 0 fully saturated rings. The molecule has 0 radical (unpaired) electrons. The van der Waals surface area contributed by atoms with Crippen molar-refractivity contribution in [3.63, 3.8) is 0 Å². The molecule has 2 aromatic carbocycles. The Morgan fingerprint density at radius 2 is 1.72 bits per heavy atom. The normalized spacial score (nSPS) is 12.1. The van der Waals surface area contributed by atoms with E-state index in [1.54, 1.807) is 0 Å². The van der Waals surface area contributed by atoms with E-state index in [2.05, 4.69) is 13.5 Å². The van der Waals surface area contributed by atoms with Crippen LogP contribution < -0.4 is 0 Å². The van der Waals surface area contributed by atoms with E-state index in [1.165, 1.54) is 0 Å². The van der Waals surface area contributed by atoms with Crippen LogP contribution in [0.4, 0.5) is 0 Å². The van der Waals surface area contributed by atoms with Gasteiger partial charge in [-0.05, 0) is 23.6 Å². The van der Waals surface area contributed by atoms with Crippen LogP contribution in [0.25, 0.3) is 5.57 Å². The summed E-state index contributed by atoms with van der Waals surface area (Å²) in [6.45, 7) is 8.15. The number of aromatic hydroxyl groups is 1. The van der Waals surface area contributed by atoms with E-state index in [0.717, 1.165) is 22.3 Å². The maximum absolute atomic E-state index is 10.1. The maximum Gasteiger partial charge on any atom is 0.122 e. The average Bonchev–Trinajstić information content (AvgIpc) is 2.41. The minimum atomic E-state index is 0.104. The van der Waals surface area contributed by atoms with Crippen molar-refractivity contribution >= 4 is 5.57 Å². The van der Waals surface area contributed by atoms with Crippen molar-refractivity contribution in [3.8, 4) is 5.75 Å². The van der Waals surface area contributed by atoms with E-state index in [4.69, 9.17) is 0 Å². The maximum atomic E-state index is 10.1. The summed E-state index contributed by atoms with van der Waals surface area (Å²) in [5.41, 5.74) is 3.98. The predicted molar refractivity (Wildman–Crippen MR) is 76.7 cm³/mol. The highest BCUT2D eigenvalue weighted by Crippen LogP contribution is 2.36. The number of para-hydroxylation sites is 1. The van der Waals surface area contributed by atoms with Crippen molar-refractivity contribution in [3.05, 3.63) is 71.8 Å². The molecular formula is C17H18O. The minimum absolute atomic E-state index is 0.104. The molecule has 1 N–H and O–H groups in total. The zero-order valence-electron chi connectivity index (χ0n) is 10.9. The Kier molecular flexibility index (Phi) is 3.52. The van der Waals surface area contributed by atoms with Gasteiger partial charge in [-0.15, -0.1) is 0 Å². The smallest absolute Gasteiger partial charge is 0.122 e. The standard InChI is InChI=1S/C17H18O/c1-12-8-7-11-16(17(12)18)14(3)13(2)15-9-5-4-6-10-15/h4-11,14,18H,2H2,1,3H3. The van der Waals surface area contributed by atoms with Crippen molar-refractivity contribution in [2.75, 3.05) is 0 Å². The molecule has 1 nitrogen and oxygen atoms in total. The van der Waals surface area contributed by atoms with Crippen LogP contribution in [-0.4, -0.2) is 5.11 Å². The van der Waals surface area contributed by atoms with Gasteiger partial charge in [0.15, 0.2) is 0 Å². The molecule has 1 atom stereocenters. The Morgan fingerprint density at radius 3 is 2.39 bits per heavy atom. The van der Waals surface area contributed by atoms with Gasteiger partial charge in [-0.1, -0.05) is 62.0 Å². The van der Waals surface area contributed by atoms with Crippen molar-refractivity contribution in [1.82, 2.24) is 0 Å². The van der Waals surface area contributed by atoms with Crippen LogP contribution in [0.2, 0.25) is 0 Å². The van der Waals surface area contributed by atoms with Gasteiger partial charge in [-0.2, -0.15) is 0 Å². The summed E-state index contributed by atoms with van der Waals surface area (Å²) in [5, 5.41) is 10.1. The third-order valence-electron chi connectivity index (χ3n) is 3.40. The number of benzene rings is 2. The molecule has 0 amide bonds. The molecule has 0 heterocycles. The molecule has 0 aromatic heterocycles. The Morgan fingerprint density at radius 1 is 1.06 bits per heavy atom. The van der Waals surface area contributed by atoms with Gasteiger partial charge >= 0.3 is 0 Å². The summed E-state index contributed by atoms with van der Waals surface area (Å²) in [4.78, 5) is 0. The number of phenols is 1. The molecule has 1 heteroatoms. The summed E-state index contributed by atoms with van der Waals surface area (Å²) in [7, 11) is 0. The molecule has 0 aliphatic carbocycles. The summed E-state index contributed by atoms with van der Waals surface area (Å²) in [6.07, 6.45) is 0. The molecule has 1 unspecified atom stereocenters. The second-order valence-electron chi connectivity index (χ2n) is 4.63. The first-order chi connectivity index (χ1) is 8.61. The molecule has 0 bridgehead atoms. The van der Waals surface area contributed by atoms with Gasteiger partial charge in [-0.3, -0.25) is 0 Å². The molecule has 0 aliphatic heterocycles. The number of rotatable bonds is 3. The van der Waals surface area contributed by atoms with Crippen molar-refractivity contribution in [1.29, 1.82) is 0 Å². The highest BCUT2D eigenvalue weighted by Gasteiger charge is 2.15. The van der Waals surface area contributed by atoms with Crippen LogP contribution in [0.5, 0.6) is 5.75 Å². The van der Waals surface area contributed by atoms with Gasteiger partial charge in [0, 0.05) is 11.5 Å². The Labute approximate surface area is 108 Å². The van der Waals surface area contributed by atoms with E-state index >= 15 is 0 Å². The highest BCUT2D eigenvalue weighted by molar-refractivity contribution is 5.70. The molecule has 0 saturated heterocycles. The fourth-order valence-corrected chi connectivity index (χ4v) is 2.12. The Bertz CT molecular complexity index is 555. The fourth-order valence-electron chi connectivity index (χ4n) is 2.12. The van der Waals surface area contributed by atoms with Crippen LogP contribution in [0, 0.1) is 6.92 Å². The van der Waals surface area contributed by atoms with Crippen LogP contribution in [0.1, 0.15) is 29.5 Å². The van der Waals surface area contributed by atoms with Crippen molar-refractivity contribution in [2.45, 2.75) is 19.8 Å². The lowest BCUT2D eigenvalue weighted by molar-refractivity contribution is 0.463. The summed E-state index contributed by atoms with van der Waals surface area (Å²) in [6, 6.07) is 15.9. The highest BCUT2D eigenvalue weighted by atomic mass is 16.3. The van der Waals surface area contributed by atoms with Gasteiger partial charge in [0.25, 0.3) is 0 Å². The molecule has 0 aliphatic rings. The van der Waals surface area contributed by atoms with Gasteiger partial charge < -0.3 is 5.11 Å². The zero-order chi connectivity index (χ0) is 13.1.